The zero-order chi connectivity index (χ0) is 19.1. The zero-order valence-electron chi connectivity index (χ0n) is 15.0. The second kappa shape index (κ2) is 6.90. The van der Waals surface area contributed by atoms with Crippen LogP contribution in [-0.4, -0.2) is 47.9 Å². The molecule has 2 aromatic heterocycles. The van der Waals surface area contributed by atoms with E-state index in [0.717, 1.165) is 4.47 Å². The number of carbonyl (C=O) groups excluding carboxylic acids is 1. The first kappa shape index (κ1) is 17.9. The van der Waals surface area contributed by atoms with Crippen molar-refractivity contribution in [2.75, 3.05) is 27.2 Å². The number of fused-ring (bicyclic) bond motifs is 2. The molecule has 1 aromatic carbocycles. The lowest BCUT2D eigenvalue weighted by Crippen LogP contribution is -2.35. The third-order valence-electron chi connectivity index (χ3n) is 4.68. The highest BCUT2D eigenvalue weighted by molar-refractivity contribution is 9.10. The molecule has 1 amide bonds. The predicted molar refractivity (Wildman–Crippen MR) is 106 cm³/mol. The number of hydrogen-bond donors (Lipinski definition) is 0. The Morgan fingerprint density at radius 3 is 2.74 bits per heavy atom. The molecule has 3 heterocycles. The summed E-state index contributed by atoms with van der Waals surface area (Å²) in [5, 5.41) is 0.450. The molecule has 0 bridgehead atoms. The zero-order valence-corrected chi connectivity index (χ0v) is 16.6. The average Bonchev–Trinajstić information content (AvgIpc) is 2.94. The monoisotopic (exact) mass is 427 g/mol. The van der Waals surface area contributed by atoms with Crippen LogP contribution in [0, 0.1) is 0 Å². The van der Waals surface area contributed by atoms with E-state index in [9.17, 15) is 9.59 Å². The number of nitrogens with zero attached hydrogens (tertiary/aromatic N) is 3. The van der Waals surface area contributed by atoms with E-state index in [4.69, 9.17) is 4.42 Å². The molecular weight excluding hydrogens is 410 g/mol. The van der Waals surface area contributed by atoms with Crippen LogP contribution in [0.15, 0.2) is 56.3 Å². The van der Waals surface area contributed by atoms with Gasteiger partial charge in [-0.3, -0.25) is 14.6 Å². The highest BCUT2D eigenvalue weighted by Crippen LogP contribution is 2.37. The molecule has 0 aliphatic carbocycles. The summed E-state index contributed by atoms with van der Waals surface area (Å²) in [7, 11) is 3.89. The van der Waals surface area contributed by atoms with E-state index >= 15 is 0 Å². The molecule has 1 atom stereocenters. The molecule has 1 unspecified atom stereocenters. The Labute approximate surface area is 164 Å². The number of hydrogen-bond acceptors (Lipinski definition) is 5. The van der Waals surface area contributed by atoms with Crippen LogP contribution >= 0.6 is 15.9 Å². The van der Waals surface area contributed by atoms with Gasteiger partial charge in [-0.2, -0.15) is 0 Å². The first-order valence-corrected chi connectivity index (χ1v) is 9.39. The fraction of sp³-hybridized carbons (Fsp3) is 0.250. The number of rotatable bonds is 4. The minimum Gasteiger partial charge on any atom is -0.450 e. The number of likely N-dealkylation sites (N-methyl/N-ethyl adjacent to an activating group) is 1. The topological polar surface area (TPSA) is 66.7 Å². The molecule has 6 nitrogen and oxygen atoms in total. The van der Waals surface area contributed by atoms with Gasteiger partial charge in [0.1, 0.15) is 11.6 Å². The molecule has 138 valence electrons. The highest BCUT2D eigenvalue weighted by Gasteiger charge is 2.43. The Morgan fingerprint density at radius 2 is 2.04 bits per heavy atom. The smallest absolute Gasteiger partial charge is 0.291 e. The first-order chi connectivity index (χ1) is 13.0. The first-order valence-electron chi connectivity index (χ1n) is 8.60. The molecule has 0 N–H and O–H groups in total. The number of halogens is 1. The summed E-state index contributed by atoms with van der Waals surface area (Å²) < 4.78 is 6.67. The van der Waals surface area contributed by atoms with Gasteiger partial charge in [0.15, 0.2) is 5.43 Å². The van der Waals surface area contributed by atoms with Gasteiger partial charge in [0, 0.05) is 23.8 Å². The van der Waals surface area contributed by atoms with Crippen molar-refractivity contribution in [3.63, 3.8) is 0 Å². The number of aromatic nitrogens is 1. The number of amides is 1. The second-order valence-corrected chi connectivity index (χ2v) is 7.69. The molecule has 4 rings (SSSR count). The summed E-state index contributed by atoms with van der Waals surface area (Å²) in [6, 6.07) is 10.2. The van der Waals surface area contributed by atoms with E-state index in [2.05, 4.69) is 20.9 Å². The maximum absolute atomic E-state index is 13.3. The van der Waals surface area contributed by atoms with Crippen LogP contribution in [0.1, 0.15) is 27.9 Å². The molecule has 1 aliphatic rings. The van der Waals surface area contributed by atoms with Gasteiger partial charge in [-0.15, -0.1) is 0 Å². The molecule has 3 aromatic rings. The Kier molecular flexibility index (Phi) is 4.57. The molecule has 7 heteroatoms. The highest BCUT2D eigenvalue weighted by atomic mass is 79.9. The van der Waals surface area contributed by atoms with Crippen LogP contribution in [-0.2, 0) is 0 Å². The van der Waals surface area contributed by atoms with E-state index in [-0.39, 0.29) is 17.1 Å². The van der Waals surface area contributed by atoms with Crippen LogP contribution in [0.2, 0.25) is 0 Å². The number of pyridine rings is 1. The van der Waals surface area contributed by atoms with E-state index < -0.39 is 6.04 Å². The second-order valence-electron chi connectivity index (χ2n) is 6.77. The number of carbonyl (C=O) groups is 1. The van der Waals surface area contributed by atoms with Gasteiger partial charge in [0.2, 0.25) is 5.76 Å². The van der Waals surface area contributed by atoms with Gasteiger partial charge in [0.05, 0.1) is 16.6 Å². The van der Waals surface area contributed by atoms with Crippen LogP contribution in [0.25, 0.3) is 11.0 Å². The van der Waals surface area contributed by atoms with Crippen molar-refractivity contribution in [2.45, 2.75) is 6.04 Å². The third kappa shape index (κ3) is 3.07. The summed E-state index contributed by atoms with van der Waals surface area (Å²) in [5.74, 6) is -0.159. The quantitative estimate of drug-likeness (QED) is 0.639. The summed E-state index contributed by atoms with van der Waals surface area (Å²) in [4.78, 5) is 34.5. The van der Waals surface area contributed by atoms with Gasteiger partial charge in [-0.25, -0.2) is 0 Å². The van der Waals surface area contributed by atoms with Crippen LogP contribution in [0.5, 0.6) is 0 Å². The molecule has 1 aliphatic heterocycles. The third-order valence-corrected chi connectivity index (χ3v) is 5.18. The van der Waals surface area contributed by atoms with Crippen molar-refractivity contribution >= 4 is 32.8 Å². The van der Waals surface area contributed by atoms with Gasteiger partial charge in [0.25, 0.3) is 5.91 Å². The largest absolute Gasteiger partial charge is 0.450 e. The summed E-state index contributed by atoms with van der Waals surface area (Å²) in [6.07, 6.45) is 1.67. The lowest BCUT2D eigenvalue weighted by molar-refractivity contribution is 0.0714. The van der Waals surface area contributed by atoms with Crippen molar-refractivity contribution in [3.05, 3.63) is 74.3 Å². The predicted octanol–water partition coefficient (Wildman–Crippen LogP) is 3.06. The van der Waals surface area contributed by atoms with Crippen LogP contribution < -0.4 is 5.43 Å². The van der Waals surface area contributed by atoms with E-state index in [1.807, 2.05) is 37.2 Å². The molecule has 0 radical (unpaired) electrons. The lowest BCUT2D eigenvalue weighted by atomic mass is 10.0. The van der Waals surface area contributed by atoms with Crippen molar-refractivity contribution in [1.29, 1.82) is 0 Å². The Hall–Kier alpha value is -2.51. The van der Waals surface area contributed by atoms with Crippen LogP contribution in [0.4, 0.5) is 0 Å². The van der Waals surface area contributed by atoms with Crippen molar-refractivity contribution in [1.82, 2.24) is 14.8 Å². The Balaban J connectivity index is 1.95. The molecule has 0 saturated heterocycles. The van der Waals surface area contributed by atoms with Crippen molar-refractivity contribution in [3.8, 4) is 0 Å². The molecule has 0 fully saturated rings. The Bertz CT molecular complexity index is 1080. The van der Waals surface area contributed by atoms with Gasteiger partial charge in [-0.05, 0) is 44.4 Å². The maximum Gasteiger partial charge on any atom is 0.291 e. The summed E-state index contributed by atoms with van der Waals surface area (Å²) in [6.45, 7) is 1.14. The normalized spacial score (nSPS) is 16.4. The number of benzene rings is 1. The minimum atomic E-state index is -0.548. The average molecular weight is 428 g/mol. The molecule has 0 saturated carbocycles. The van der Waals surface area contributed by atoms with E-state index in [1.165, 1.54) is 0 Å². The van der Waals surface area contributed by atoms with Gasteiger partial charge < -0.3 is 14.2 Å². The van der Waals surface area contributed by atoms with Crippen LogP contribution in [0.3, 0.4) is 0 Å². The van der Waals surface area contributed by atoms with Gasteiger partial charge >= 0.3 is 0 Å². The fourth-order valence-electron chi connectivity index (χ4n) is 3.38. The molecule has 0 spiro atoms. The maximum atomic E-state index is 13.3. The Morgan fingerprint density at radius 1 is 1.22 bits per heavy atom. The summed E-state index contributed by atoms with van der Waals surface area (Å²) in [5.41, 5.74) is 1.24. The molecular formula is C20H18BrN3O3. The SMILES string of the molecule is CN(C)CCN1C(=O)c2oc3ccc(Br)cc3c(=O)c2C1c1ccccn1. The standard InChI is InChI=1S/C20H18BrN3O3/c1-23(2)9-10-24-17(14-5-3-4-8-22-14)16-18(25)13-11-12(21)6-7-15(13)27-19(16)20(24)26/h3-8,11,17H,9-10H2,1-2H3. The van der Waals surface area contributed by atoms with E-state index in [0.29, 0.717) is 35.3 Å². The van der Waals surface area contributed by atoms with E-state index in [1.54, 1.807) is 29.3 Å². The lowest BCUT2D eigenvalue weighted by Gasteiger charge is -2.25. The minimum absolute atomic E-state index is 0.115. The fourth-order valence-corrected chi connectivity index (χ4v) is 3.74. The van der Waals surface area contributed by atoms with Gasteiger partial charge in [-0.1, -0.05) is 22.0 Å². The summed E-state index contributed by atoms with van der Waals surface area (Å²) >= 11 is 3.40. The molecule has 27 heavy (non-hydrogen) atoms. The van der Waals surface area contributed by atoms with Crippen molar-refractivity contribution < 1.29 is 9.21 Å². The van der Waals surface area contributed by atoms with Crippen molar-refractivity contribution in [2.24, 2.45) is 0 Å².